The molecular weight excluding hydrogens is 531 g/mol. The molecule has 0 bridgehead atoms. The lowest BCUT2D eigenvalue weighted by Gasteiger charge is -2.55. The summed E-state index contributed by atoms with van der Waals surface area (Å²) in [5, 5.41) is 1.70. The third-order valence-corrected chi connectivity index (χ3v) is 16.7. The van der Waals surface area contributed by atoms with E-state index >= 15 is 0 Å². The molecule has 0 unspecified atom stereocenters. The van der Waals surface area contributed by atoms with Gasteiger partial charge < -0.3 is 0 Å². The van der Waals surface area contributed by atoms with E-state index in [0.717, 1.165) is 0 Å². The quantitative estimate of drug-likeness (QED) is 0.0572. The maximum absolute atomic E-state index is 3.17. The van der Waals surface area contributed by atoms with Gasteiger partial charge in [-0.3, -0.25) is 13.7 Å². The van der Waals surface area contributed by atoms with E-state index in [-0.39, 0.29) is 9.52 Å². The van der Waals surface area contributed by atoms with Gasteiger partial charge in [0.15, 0.2) is 0 Å². The van der Waals surface area contributed by atoms with Gasteiger partial charge >= 0.3 is 0 Å². The van der Waals surface area contributed by atoms with Gasteiger partial charge in [-0.15, -0.1) is 0 Å². The lowest BCUT2D eigenvalue weighted by atomic mass is 10.1. The fraction of sp³-hybridized carbons (Fsp3) is 0.944. The molecule has 0 fully saturated rings. The Morgan fingerprint density at radius 3 is 1.12 bits per heavy atom. The zero-order valence-electron chi connectivity index (χ0n) is 30.0. The molecule has 0 amide bonds. The smallest absolute Gasteiger partial charge is 0.289 e. The standard InChI is InChI=1S/C36H79N3Si2/c1-9-16-28-37(29-17-10-2)41(38(30-18-11-3)31-19-12-4,39(32-20-13-5)33-21-14-6)35-27-25-23-22-24-26-34-40-36(8)15-7/h15H,9-14,16-35,40H2,1-8H3. The number of hydrogen-bond acceptors (Lipinski definition) is 3. The molecule has 0 N–H and O–H groups in total. The second kappa shape index (κ2) is 28.8. The largest absolute Gasteiger partial charge is 0.299 e. The van der Waals surface area contributed by atoms with E-state index in [1.165, 1.54) is 167 Å². The Morgan fingerprint density at radius 1 is 0.488 bits per heavy atom. The normalized spacial score (nSPS) is 13.2. The van der Waals surface area contributed by atoms with Gasteiger partial charge in [0.25, 0.3) is 8.56 Å². The Labute approximate surface area is 264 Å². The third kappa shape index (κ3) is 17.8. The molecule has 0 aliphatic carbocycles. The summed E-state index contributed by atoms with van der Waals surface area (Å²) >= 11 is 0. The van der Waals surface area contributed by atoms with Crippen LogP contribution in [0.25, 0.3) is 0 Å². The van der Waals surface area contributed by atoms with Gasteiger partial charge in [0.1, 0.15) is 0 Å². The van der Waals surface area contributed by atoms with Crippen molar-refractivity contribution in [2.75, 3.05) is 39.3 Å². The summed E-state index contributed by atoms with van der Waals surface area (Å²) in [5.74, 6) is 0. The molecule has 0 rings (SSSR count). The second-order valence-corrected chi connectivity index (χ2v) is 19.2. The number of nitrogens with zero attached hydrogens (tertiary/aromatic N) is 3. The van der Waals surface area contributed by atoms with Gasteiger partial charge in [0.05, 0.1) is 0 Å². The minimum atomic E-state index is -2.01. The van der Waals surface area contributed by atoms with Gasteiger partial charge in [0, 0.05) is 9.52 Å². The number of rotatable bonds is 31. The molecule has 0 aliphatic heterocycles. The van der Waals surface area contributed by atoms with Gasteiger partial charge in [0.2, 0.25) is 0 Å². The minimum Gasteiger partial charge on any atom is -0.299 e. The molecule has 0 radical (unpaired) electrons. The highest BCUT2D eigenvalue weighted by Gasteiger charge is 2.49. The highest BCUT2D eigenvalue weighted by atomic mass is 28.4. The van der Waals surface area contributed by atoms with Crippen LogP contribution in [-0.2, 0) is 0 Å². The van der Waals surface area contributed by atoms with Crippen molar-refractivity contribution in [2.24, 2.45) is 0 Å². The van der Waals surface area contributed by atoms with Crippen molar-refractivity contribution in [2.45, 2.75) is 183 Å². The minimum absolute atomic E-state index is 0.0518. The van der Waals surface area contributed by atoms with Crippen LogP contribution in [0.5, 0.6) is 0 Å². The van der Waals surface area contributed by atoms with E-state index in [2.05, 4.69) is 75.2 Å². The van der Waals surface area contributed by atoms with Crippen LogP contribution in [0, 0.1) is 0 Å². The van der Waals surface area contributed by atoms with Crippen molar-refractivity contribution in [1.82, 2.24) is 13.7 Å². The van der Waals surface area contributed by atoms with Gasteiger partial charge in [-0.2, -0.15) is 0 Å². The van der Waals surface area contributed by atoms with Crippen LogP contribution in [0.4, 0.5) is 0 Å². The summed E-state index contributed by atoms with van der Waals surface area (Å²) in [6.45, 7) is 26.9. The molecular formula is C36H79N3Si2. The van der Waals surface area contributed by atoms with Crippen molar-refractivity contribution in [3.8, 4) is 0 Å². The first-order valence-corrected chi connectivity index (χ1v) is 22.6. The average molecular weight is 610 g/mol. The number of allylic oxidation sites excluding steroid dienone is 2. The van der Waals surface area contributed by atoms with Crippen LogP contribution in [-0.4, -0.2) is 71.0 Å². The van der Waals surface area contributed by atoms with Crippen molar-refractivity contribution in [3.63, 3.8) is 0 Å². The molecule has 0 aromatic rings. The van der Waals surface area contributed by atoms with Gasteiger partial charge in [-0.05, 0) is 97.7 Å². The first-order chi connectivity index (χ1) is 20.0. The van der Waals surface area contributed by atoms with Crippen LogP contribution >= 0.6 is 0 Å². The highest BCUT2D eigenvalue weighted by Crippen LogP contribution is 2.31. The van der Waals surface area contributed by atoms with Crippen LogP contribution in [0.3, 0.4) is 0 Å². The summed E-state index contributed by atoms with van der Waals surface area (Å²) < 4.78 is 9.51. The van der Waals surface area contributed by atoms with E-state index in [0.29, 0.717) is 0 Å². The topological polar surface area (TPSA) is 9.72 Å². The Balaban J connectivity index is 6.13. The maximum Gasteiger partial charge on any atom is 0.289 e. The molecule has 0 heterocycles. The summed E-state index contributed by atoms with van der Waals surface area (Å²) in [6, 6.07) is 2.98. The fourth-order valence-corrected chi connectivity index (χ4v) is 13.8. The van der Waals surface area contributed by atoms with Crippen LogP contribution in [0.15, 0.2) is 11.3 Å². The van der Waals surface area contributed by atoms with Crippen LogP contribution in [0.2, 0.25) is 12.1 Å². The average Bonchev–Trinajstić information content (AvgIpc) is 2.99. The zero-order valence-corrected chi connectivity index (χ0v) is 32.4. The second-order valence-electron chi connectivity index (χ2n) is 13.0. The molecule has 3 nitrogen and oxygen atoms in total. The Morgan fingerprint density at radius 2 is 0.805 bits per heavy atom. The molecule has 246 valence electrons. The maximum atomic E-state index is 3.17. The molecule has 0 saturated carbocycles. The van der Waals surface area contributed by atoms with E-state index < -0.39 is 8.56 Å². The lowest BCUT2D eigenvalue weighted by molar-refractivity contribution is 0.220. The molecule has 5 heteroatoms. The molecule has 0 aromatic carbocycles. The third-order valence-electron chi connectivity index (χ3n) is 9.28. The van der Waals surface area contributed by atoms with Crippen molar-refractivity contribution in [1.29, 1.82) is 0 Å². The lowest BCUT2D eigenvalue weighted by Crippen LogP contribution is -2.76. The predicted octanol–water partition coefficient (Wildman–Crippen LogP) is 10.5. The van der Waals surface area contributed by atoms with Crippen LogP contribution < -0.4 is 0 Å². The van der Waals surface area contributed by atoms with Crippen molar-refractivity contribution < 1.29 is 0 Å². The van der Waals surface area contributed by atoms with Crippen molar-refractivity contribution >= 4 is 18.1 Å². The molecule has 0 spiro atoms. The van der Waals surface area contributed by atoms with Gasteiger partial charge in [-0.25, -0.2) is 0 Å². The number of unbranched alkanes of at least 4 members (excludes halogenated alkanes) is 11. The van der Waals surface area contributed by atoms with Crippen molar-refractivity contribution in [3.05, 3.63) is 11.3 Å². The Hall–Kier alpha value is 0.0538. The van der Waals surface area contributed by atoms with Crippen LogP contribution in [0.1, 0.15) is 171 Å². The molecule has 0 aromatic heterocycles. The molecule has 0 saturated heterocycles. The summed E-state index contributed by atoms with van der Waals surface area (Å²) in [5.41, 5.74) is 0. The molecule has 0 atom stereocenters. The first-order valence-electron chi connectivity index (χ1n) is 18.9. The SMILES string of the molecule is CC=C(C)[SiH2]CCCCCCCC[Si](N(CCCC)CCCC)(N(CCCC)CCCC)N(CCCC)CCCC. The summed E-state index contributed by atoms with van der Waals surface area (Å²) in [6.07, 6.45) is 27.1. The van der Waals surface area contributed by atoms with E-state index in [1.807, 2.05) is 0 Å². The summed E-state index contributed by atoms with van der Waals surface area (Å²) in [7, 11) is -1.95. The summed E-state index contributed by atoms with van der Waals surface area (Å²) in [4.78, 5) is 0. The fourth-order valence-electron chi connectivity index (χ4n) is 6.37. The Bertz CT molecular complexity index is 509. The van der Waals surface area contributed by atoms with E-state index in [4.69, 9.17) is 0 Å². The molecule has 41 heavy (non-hydrogen) atoms. The first kappa shape index (κ1) is 41.1. The predicted molar refractivity (Wildman–Crippen MR) is 195 cm³/mol. The molecule has 0 aliphatic rings. The highest BCUT2D eigenvalue weighted by molar-refractivity contribution is 6.71. The zero-order chi connectivity index (χ0) is 30.6. The monoisotopic (exact) mass is 610 g/mol. The number of hydrogen-bond donors (Lipinski definition) is 0. The van der Waals surface area contributed by atoms with Gasteiger partial charge in [-0.1, -0.05) is 136 Å². The van der Waals surface area contributed by atoms with E-state index in [1.54, 1.807) is 5.20 Å². The Kier molecular flexibility index (Phi) is 28.8. The van der Waals surface area contributed by atoms with E-state index in [9.17, 15) is 0 Å².